The first-order chi connectivity index (χ1) is 7.74. The molecule has 0 amide bonds. The maximum atomic E-state index is 11.4. The van der Waals surface area contributed by atoms with Crippen LogP contribution < -0.4 is 0 Å². The molecule has 0 heterocycles. The highest BCUT2D eigenvalue weighted by atomic mass is 16.1. The summed E-state index contributed by atoms with van der Waals surface area (Å²) in [5, 5.41) is 0. The van der Waals surface area contributed by atoms with Crippen LogP contribution in [0.25, 0.3) is 6.08 Å². The summed E-state index contributed by atoms with van der Waals surface area (Å²) < 4.78 is 0. The molecule has 1 aromatic carbocycles. The van der Waals surface area contributed by atoms with E-state index in [-0.39, 0.29) is 5.78 Å². The Labute approximate surface area is 96.1 Å². The Morgan fingerprint density at radius 3 is 2.44 bits per heavy atom. The Hall–Kier alpha value is -2.15. The molecule has 0 saturated heterocycles. The summed E-state index contributed by atoms with van der Waals surface area (Å²) in [6, 6.07) is 9.77. The molecular weight excluding hydrogens is 196 g/mol. The summed E-state index contributed by atoms with van der Waals surface area (Å²) in [6.45, 7) is 7.20. The van der Waals surface area contributed by atoms with Gasteiger partial charge in [-0.25, -0.2) is 0 Å². The second kappa shape index (κ2) is 6.36. The number of carbonyl (C=O) groups is 1. The van der Waals surface area contributed by atoms with Gasteiger partial charge in [-0.1, -0.05) is 67.8 Å². The van der Waals surface area contributed by atoms with Crippen LogP contribution in [0.15, 0.2) is 73.4 Å². The third-order valence-electron chi connectivity index (χ3n) is 1.98. The molecule has 80 valence electrons. The Balaban J connectivity index is 2.65. The minimum Gasteiger partial charge on any atom is -0.289 e. The minimum atomic E-state index is -0.105. The molecule has 0 bridgehead atoms. The lowest BCUT2D eigenvalue weighted by molar-refractivity contribution is -0.111. The van der Waals surface area contributed by atoms with Gasteiger partial charge in [-0.2, -0.15) is 0 Å². The molecule has 0 fully saturated rings. The van der Waals surface area contributed by atoms with E-state index in [9.17, 15) is 4.79 Å². The SMILES string of the molecule is C=CC=CC(=O)C(=C)C=Cc1ccccc1. The first-order valence-electron chi connectivity index (χ1n) is 4.99. The Bertz CT molecular complexity index is 436. The van der Waals surface area contributed by atoms with Gasteiger partial charge >= 0.3 is 0 Å². The van der Waals surface area contributed by atoms with Crippen molar-refractivity contribution in [2.24, 2.45) is 0 Å². The highest BCUT2D eigenvalue weighted by Gasteiger charge is 1.97. The first kappa shape index (κ1) is 11.9. The number of benzene rings is 1. The van der Waals surface area contributed by atoms with Gasteiger partial charge in [-0.3, -0.25) is 4.79 Å². The van der Waals surface area contributed by atoms with Gasteiger partial charge in [0.25, 0.3) is 0 Å². The van der Waals surface area contributed by atoms with Crippen LogP contribution in [0.3, 0.4) is 0 Å². The Morgan fingerprint density at radius 1 is 1.12 bits per heavy atom. The summed E-state index contributed by atoms with van der Waals surface area (Å²) in [6.07, 6.45) is 8.19. The lowest BCUT2D eigenvalue weighted by Crippen LogP contribution is -1.92. The Kier molecular flexibility index (Phi) is 4.74. The molecule has 0 aromatic heterocycles. The largest absolute Gasteiger partial charge is 0.289 e. The van der Waals surface area contributed by atoms with Crippen LogP contribution in [-0.2, 0) is 4.79 Å². The predicted molar refractivity (Wildman–Crippen MR) is 69.0 cm³/mol. The zero-order valence-corrected chi connectivity index (χ0v) is 9.10. The zero-order valence-electron chi connectivity index (χ0n) is 9.10. The van der Waals surface area contributed by atoms with Gasteiger partial charge in [-0.15, -0.1) is 0 Å². The fourth-order valence-corrected chi connectivity index (χ4v) is 1.11. The van der Waals surface area contributed by atoms with E-state index in [2.05, 4.69) is 13.2 Å². The van der Waals surface area contributed by atoms with E-state index in [0.717, 1.165) is 5.56 Å². The standard InChI is InChI=1S/C15H14O/c1-3-4-10-15(16)13(2)11-12-14-8-6-5-7-9-14/h3-12H,1-2H2. The summed E-state index contributed by atoms with van der Waals surface area (Å²) in [5.41, 5.74) is 1.51. The van der Waals surface area contributed by atoms with Crippen molar-refractivity contribution in [3.8, 4) is 0 Å². The fraction of sp³-hybridized carbons (Fsp3) is 0. The minimum absolute atomic E-state index is 0.105. The van der Waals surface area contributed by atoms with Crippen molar-refractivity contribution in [2.45, 2.75) is 0 Å². The highest BCUT2D eigenvalue weighted by Crippen LogP contribution is 2.05. The van der Waals surface area contributed by atoms with Crippen molar-refractivity contribution in [1.82, 2.24) is 0 Å². The van der Waals surface area contributed by atoms with Gasteiger partial charge in [-0.05, 0) is 11.6 Å². The van der Waals surface area contributed by atoms with Crippen molar-refractivity contribution in [1.29, 1.82) is 0 Å². The van der Waals surface area contributed by atoms with E-state index in [4.69, 9.17) is 0 Å². The molecule has 1 aromatic rings. The van der Waals surface area contributed by atoms with Gasteiger partial charge in [0.2, 0.25) is 0 Å². The van der Waals surface area contributed by atoms with E-state index in [0.29, 0.717) is 5.57 Å². The van der Waals surface area contributed by atoms with Gasteiger partial charge in [0.1, 0.15) is 0 Å². The molecule has 1 nitrogen and oxygen atoms in total. The molecule has 0 aliphatic heterocycles. The van der Waals surface area contributed by atoms with E-state index in [1.54, 1.807) is 18.2 Å². The molecule has 0 spiro atoms. The smallest absolute Gasteiger partial charge is 0.185 e. The molecule has 1 rings (SSSR count). The lowest BCUT2D eigenvalue weighted by Gasteiger charge is -1.93. The normalized spacial score (nSPS) is 10.8. The van der Waals surface area contributed by atoms with Crippen LogP contribution in [0.5, 0.6) is 0 Å². The van der Waals surface area contributed by atoms with Gasteiger partial charge in [0, 0.05) is 5.57 Å². The zero-order chi connectivity index (χ0) is 11.8. The predicted octanol–water partition coefficient (Wildman–Crippen LogP) is 3.57. The van der Waals surface area contributed by atoms with E-state index < -0.39 is 0 Å². The number of ketones is 1. The lowest BCUT2D eigenvalue weighted by atomic mass is 10.1. The monoisotopic (exact) mass is 210 g/mol. The number of hydrogen-bond acceptors (Lipinski definition) is 1. The Morgan fingerprint density at radius 2 is 1.81 bits per heavy atom. The number of allylic oxidation sites excluding steroid dienone is 5. The van der Waals surface area contributed by atoms with Crippen LogP contribution in [0.2, 0.25) is 0 Å². The summed E-state index contributed by atoms with van der Waals surface area (Å²) >= 11 is 0. The van der Waals surface area contributed by atoms with Crippen LogP contribution >= 0.6 is 0 Å². The summed E-state index contributed by atoms with van der Waals surface area (Å²) in [4.78, 5) is 11.4. The second-order valence-corrected chi connectivity index (χ2v) is 3.23. The van der Waals surface area contributed by atoms with Crippen molar-refractivity contribution < 1.29 is 4.79 Å². The van der Waals surface area contributed by atoms with Gasteiger partial charge < -0.3 is 0 Å². The van der Waals surface area contributed by atoms with Crippen molar-refractivity contribution >= 4 is 11.9 Å². The molecule has 16 heavy (non-hydrogen) atoms. The van der Waals surface area contributed by atoms with Crippen molar-refractivity contribution in [3.63, 3.8) is 0 Å². The van der Waals surface area contributed by atoms with E-state index in [1.807, 2.05) is 36.4 Å². The molecule has 0 aliphatic rings. The molecule has 0 radical (unpaired) electrons. The summed E-state index contributed by atoms with van der Waals surface area (Å²) in [5.74, 6) is -0.105. The third kappa shape index (κ3) is 3.93. The van der Waals surface area contributed by atoms with Crippen molar-refractivity contribution in [2.75, 3.05) is 0 Å². The topological polar surface area (TPSA) is 17.1 Å². The second-order valence-electron chi connectivity index (χ2n) is 3.23. The van der Waals surface area contributed by atoms with Crippen LogP contribution in [0, 0.1) is 0 Å². The molecule has 0 unspecified atom stereocenters. The number of hydrogen-bond donors (Lipinski definition) is 0. The molecule has 1 heteroatoms. The number of carbonyl (C=O) groups excluding carboxylic acids is 1. The molecule has 0 saturated carbocycles. The van der Waals surface area contributed by atoms with Gasteiger partial charge in [0.15, 0.2) is 5.78 Å². The molecular formula is C15H14O. The van der Waals surface area contributed by atoms with Gasteiger partial charge in [0.05, 0.1) is 0 Å². The maximum Gasteiger partial charge on any atom is 0.185 e. The highest BCUT2D eigenvalue weighted by molar-refractivity contribution is 6.06. The number of rotatable bonds is 5. The fourth-order valence-electron chi connectivity index (χ4n) is 1.11. The van der Waals surface area contributed by atoms with E-state index in [1.165, 1.54) is 6.08 Å². The first-order valence-corrected chi connectivity index (χ1v) is 4.99. The molecule has 0 N–H and O–H groups in total. The maximum absolute atomic E-state index is 11.4. The van der Waals surface area contributed by atoms with Crippen LogP contribution in [-0.4, -0.2) is 5.78 Å². The van der Waals surface area contributed by atoms with Crippen molar-refractivity contribution in [3.05, 3.63) is 78.9 Å². The molecule has 0 aliphatic carbocycles. The van der Waals surface area contributed by atoms with Crippen LogP contribution in [0.4, 0.5) is 0 Å². The molecule has 0 atom stereocenters. The average molecular weight is 210 g/mol. The third-order valence-corrected chi connectivity index (χ3v) is 1.98. The quantitative estimate of drug-likeness (QED) is 0.536. The average Bonchev–Trinajstić information content (AvgIpc) is 2.34. The summed E-state index contributed by atoms with van der Waals surface area (Å²) in [7, 11) is 0. The van der Waals surface area contributed by atoms with E-state index >= 15 is 0 Å². The van der Waals surface area contributed by atoms with Crippen LogP contribution in [0.1, 0.15) is 5.56 Å².